The molecule has 1 aliphatic heterocycles. The van der Waals surface area contributed by atoms with Gasteiger partial charge < -0.3 is 20.1 Å². The van der Waals surface area contributed by atoms with Crippen LogP contribution in [-0.4, -0.2) is 53.2 Å². The van der Waals surface area contributed by atoms with Crippen LogP contribution in [0.3, 0.4) is 0 Å². The molecule has 0 atom stereocenters. The molecular formula is C21H31N7O2. The van der Waals surface area contributed by atoms with Gasteiger partial charge in [0.25, 0.3) is 5.91 Å². The van der Waals surface area contributed by atoms with E-state index in [0.717, 1.165) is 49.4 Å². The van der Waals surface area contributed by atoms with Gasteiger partial charge in [0.2, 0.25) is 5.95 Å². The number of hydrogen-bond acceptors (Lipinski definition) is 5. The van der Waals surface area contributed by atoms with E-state index in [1.54, 1.807) is 13.1 Å². The Balaban J connectivity index is 1.57. The quantitative estimate of drug-likeness (QED) is 0.673. The van der Waals surface area contributed by atoms with Crippen molar-refractivity contribution < 1.29 is 9.59 Å². The molecule has 0 aromatic carbocycles. The second-order valence-corrected chi connectivity index (χ2v) is 7.63. The Morgan fingerprint density at radius 3 is 2.60 bits per heavy atom. The summed E-state index contributed by atoms with van der Waals surface area (Å²) in [5, 5.41) is 8.10. The molecule has 0 radical (unpaired) electrons. The summed E-state index contributed by atoms with van der Waals surface area (Å²) in [5.74, 6) is 0.958. The molecule has 9 nitrogen and oxygen atoms in total. The van der Waals surface area contributed by atoms with Gasteiger partial charge >= 0.3 is 6.03 Å². The van der Waals surface area contributed by atoms with Gasteiger partial charge in [-0.1, -0.05) is 0 Å². The molecule has 3 N–H and O–H groups in total. The summed E-state index contributed by atoms with van der Waals surface area (Å²) in [6, 6.07) is 3.54. The van der Waals surface area contributed by atoms with Crippen molar-refractivity contribution in [2.75, 3.05) is 36.9 Å². The monoisotopic (exact) mass is 413 g/mol. The Morgan fingerprint density at radius 1 is 1.23 bits per heavy atom. The molecule has 0 spiro atoms. The van der Waals surface area contributed by atoms with Crippen LogP contribution in [0.2, 0.25) is 0 Å². The number of nitrogens with one attached hydrogen (secondary N) is 3. The third-order valence-corrected chi connectivity index (χ3v) is 5.62. The van der Waals surface area contributed by atoms with E-state index in [4.69, 9.17) is 0 Å². The molecule has 1 aliphatic rings. The minimum atomic E-state index is -0.238. The zero-order chi connectivity index (χ0) is 21.7. The lowest BCUT2D eigenvalue weighted by molar-refractivity contribution is 0.0958. The number of piperidine rings is 1. The second-order valence-electron chi connectivity index (χ2n) is 7.63. The largest absolute Gasteiger partial charge is 0.370 e. The third kappa shape index (κ3) is 4.90. The van der Waals surface area contributed by atoms with Gasteiger partial charge in [0.15, 0.2) is 0 Å². The van der Waals surface area contributed by atoms with E-state index in [1.807, 2.05) is 37.7 Å². The first kappa shape index (κ1) is 21.6. The van der Waals surface area contributed by atoms with Crippen LogP contribution in [-0.2, 0) is 13.5 Å². The van der Waals surface area contributed by atoms with E-state index in [9.17, 15) is 9.59 Å². The van der Waals surface area contributed by atoms with Crippen molar-refractivity contribution in [2.45, 2.75) is 33.1 Å². The van der Waals surface area contributed by atoms with Crippen LogP contribution in [0.15, 0.2) is 18.3 Å². The molecular weight excluding hydrogens is 382 g/mol. The van der Waals surface area contributed by atoms with Gasteiger partial charge in [-0.05, 0) is 51.2 Å². The van der Waals surface area contributed by atoms with Crippen LogP contribution >= 0.6 is 0 Å². The van der Waals surface area contributed by atoms with Crippen LogP contribution in [0.4, 0.5) is 16.4 Å². The highest BCUT2D eigenvalue weighted by Gasteiger charge is 2.23. The molecule has 0 unspecified atom stereocenters. The molecule has 30 heavy (non-hydrogen) atoms. The number of pyridine rings is 1. The lowest BCUT2D eigenvalue weighted by Gasteiger charge is -2.34. The zero-order valence-electron chi connectivity index (χ0n) is 18.2. The molecule has 9 heteroatoms. The van der Waals surface area contributed by atoms with Gasteiger partial charge in [0.05, 0.1) is 17.6 Å². The number of amides is 3. The normalized spacial score (nSPS) is 14.5. The summed E-state index contributed by atoms with van der Waals surface area (Å²) in [6.45, 7) is 6.31. The van der Waals surface area contributed by atoms with Gasteiger partial charge in [0, 0.05) is 39.4 Å². The number of aromatic nitrogens is 3. The summed E-state index contributed by atoms with van der Waals surface area (Å²) in [6.07, 6.45) is 4.92. The maximum Gasteiger partial charge on any atom is 0.321 e. The van der Waals surface area contributed by atoms with Crippen LogP contribution in [0.25, 0.3) is 0 Å². The van der Waals surface area contributed by atoms with Crippen molar-refractivity contribution >= 4 is 23.6 Å². The van der Waals surface area contributed by atoms with Crippen molar-refractivity contribution in [3.05, 3.63) is 35.4 Å². The molecule has 3 rings (SSSR count). The summed E-state index contributed by atoms with van der Waals surface area (Å²) >= 11 is 0. The summed E-state index contributed by atoms with van der Waals surface area (Å²) in [7, 11) is 3.54. The molecule has 1 saturated heterocycles. The number of imidazole rings is 1. The number of carbonyl (C=O) groups excluding carboxylic acids is 2. The Kier molecular flexibility index (Phi) is 6.91. The van der Waals surface area contributed by atoms with E-state index < -0.39 is 0 Å². The minimum Gasteiger partial charge on any atom is -0.370 e. The fraction of sp³-hybridized carbons (Fsp3) is 0.524. The predicted octanol–water partition coefficient (Wildman–Crippen LogP) is 2.08. The summed E-state index contributed by atoms with van der Waals surface area (Å²) in [5.41, 5.74) is 3.53. The first-order valence-electron chi connectivity index (χ1n) is 10.4. The number of anilines is 2. The third-order valence-electron chi connectivity index (χ3n) is 5.62. The Hall–Kier alpha value is -3.10. The number of carbonyl (C=O) groups is 2. The minimum absolute atomic E-state index is 0.166. The molecule has 2 aromatic rings. The van der Waals surface area contributed by atoms with Gasteiger partial charge in [0.1, 0.15) is 5.69 Å². The Morgan fingerprint density at radius 2 is 1.97 bits per heavy atom. The van der Waals surface area contributed by atoms with Crippen LogP contribution in [0.1, 0.15) is 41.6 Å². The number of aryl methyl sites for hydroxylation is 1. The fourth-order valence-corrected chi connectivity index (χ4v) is 3.87. The molecule has 0 bridgehead atoms. The molecule has 0 aliphatic carbocycles. The van der Waals surface area contributed by atoms with Crippen molar-refractivity contribution in [3.8, 4) is 0 Å². The van der Waals surface area contributed by atoms with E-state index in [2.05, 4.69) is 30.8 Å². The second kappa shape index (κ2) is 9.60. The van der Waals surface area contributed by atoms with Crippen LogP contribution in [0, 0.1) is 12.8 Å². The fourth-order valence-electron chi connectivity index (χ4n) is 3.87. The maximum atomic E-state index is 11.8. The SMILES string of the molecule is CCNC(=O)Nc1ncc(CC2CCN(c3ccc(C(=O)NC)nc3C)CC2)n1C. The standard InChI is InChI=1S/C21H31N7O2/c1-5-23-21(30)26-20-24-13-16(27(20)4)12-15-8-10-28(11-9-15)18-7-6-17(19(29)22-3)25-14(18)2/h6-7,13,15H,5,8-12H2,1-4H3,(H,22,29)(H2,23,24,26,30). The van der Waals surface area contributed by atoms with Crippen molar-refractivity contribution in [1.29, 1.82) is 0 Å². The first-order valence-corrected chi connectivity index (χ1v) is 10.4. The summed E-state index contributed by atoms with van der Waals surface area (Å²) in [4.78, 5) is 34.6. The van der Waals surface area contributed by atoms with E-state index in [-0.39, 0.29) is 11.9 Å². The van der Waals surface area contributed by atoms with Gasteiger partial charge in [-0.25, -0.2) is 14.8 Å². The highest BCUT2D eigenvalue weighted by Crippen LogP contribution is 2.28. The number of rotatable bonds is 6. The molecule has 2 aromatic heterocycles. The zero-order valence-corrected chi connectivity index (χ0v) is 18.2. The smallest absolute Gasteiger partial charge is 0.321 e. The highest BCUT2D eigenvalue weighted by atomic mass is 16.2. The van der Waals surface area contributed by atoms with Gasteiger partial charge in [-0.2, -0.15) is 0 Å². The molecule has 1 fully saturated rings. The van der Waals surface area contributed by atoms with Crippen molar-refractivity contribution in [2.24, 2.45) is 13.0 Å². The van der Waals surface area contributed by atoms with E-state index in [0.29, 0.717) is 24.1 Å². The van der Waals surface area contributed by atoms with Crippen LogP contribution < -0.4 is 20.9 Å². The topological polar surface area (TPSA) is 104 Å². The molecule has 0 saturated carbocycles. The van der Waals surface area contributed by atoms with Gasteiger partial charge in [-0.15, -0.1) is 0 Å². The van der Waals surface area contributed by atoms with E-state index >= 15 is 0 Å². The lowest BCUT2D eigenvalue weighted by atomic mass is 9.92. The van der Waals surface area contributed by atoms with E-state index in [1.165, 1.54) is 0 Å². The highest BCUT2D eigenvalue weighted by molar-refractivity contribution is 5.92. The average Bonchev–Trinajstić information content (AvgIpc) is 3.07. The number of hydrogen-bond donors (Lipinski definition) is 3. The average molecular weight is 414 g/mol. The molecule has 162 valence electrons. The predicted molar refractivity (Wildman–Crippen MR) is 117 cm³/mol. The van der Waals surface area contributed by atoms with Crippen molar-refractivity contribution in [3.63, 3.8) is 0 Å². The number of urea groups is 1. The Bertz CT molecular complexity index is 901. The van der Waals surface area contributed by atoms with Crippen molar-refractivity contribution in [1.82, 2.24) is 25.2 Å². The molecule has 3 heterocycles. The maximum absolute atomic E-state index is 11.8. The van der Waals surface area contributed by atoms with Crippen LogP contribution in [0.5, 0.6) is 0 Å². The van der Waals surface area contributed by atoms with Gasteiger partial charge in [-0.3, -0.25) is 10.1 Å². The molecule has 3 amide bonds. The Labute approximate surface area is 177 Å². The number of nitrogens with zero attached hydrogens (tertiary/aromatic N) is 4. The summed E-state index contributed by atoms with van der Waals surface area (Å²) < 4.78 is 1.95. The first-order chi connectivity index (χ1) is 14.4. The lowest BCUT2D eigenvalue weighted by Crippen LogP contribution is -2.35.